The van der Waals surface area contributed by atoms with Crippen LogP contribution in [0.4, 0.5) is 0 Å². The molecular weight excluding hydrogens is 352 g/mol. The van der Waals surface area contributed by atoms with Crippen LogP contribution in [0.3, 0.4) is 0 Å². The maximum absolute atomic E-state index is 10.5. The normalized spacial score (nSPS) is 23.7. The lowest BCUT2D eigenvalue weighted by Gasteiger charge is -2.20. The average molecular weight is 389 g/mol. The molecule has 0 bridgehead atoms. The molecule has 0 saturated heterocycles. The van der Waals surface area contributed by atoms with E-state index in [1.54, 1.807) is 0 Å². The Morgan fingerprint density at radius 2 is 1.85 bits per heavy atom. The van der Waals surface area contributed by atoms with Gasteiger partial charge in [0.1, 0.15) is 0 Å². The Hall–Kier alpha value is -0.970. The zero-order valence-electron chi connectivity index (χ0n) is 17.6. The highest BCUT2D eigenvalue weighted by atomic mass is 35.5. The SMILES string of the molecule is CCCCC#CC1C(Cl)CCC1c1ccc(C(O)CCCC(C)(C)C)cc1. The van der Waals surface area contributed by atoms with E-state index in [2.05, 4.69) is 63.8 Å². The molecule has 0 aliphatic heterocycles. The first kappa shape index (κ1) is 22.3. The van der Waals surface area contributed by atoms with Crippen LogP contribution >= 0.6 is 11.6 Å². The van der Waals surface area contributed by atoms with Crippen LogP contribution in [0.1, 0.15) is 102 Å². The largest absolute Gasteiger partial charge is 0.388 e. The molecule has 1 nitrogen and oxygen atoms in total. The van der Waals surface area contributed by atoms with Gasteiger partial charge in [-0.3, -0.25) is 0 Å². The van der Waals surface area contributed by atoms with Crippen molar-refractivity contribution < 1.29 is 5.11 Å². The van der Waals surface area contributed by atoms with Crippen LogP contribution < -0.4 is 0 Å². The second-order valence-electron chi connectivity index (χ2n) is 9.29. The lowest BCUT2D eigenvalue weighted by atomic mass is 9.87. The van der Waals surface area contributed by atoms with E-state index in [4.69, 9.17) is 11.6 Å². The van der Waals surface area contributed by atoms with Crippen molar-refractivity contribution in [3.8, 4) is 11.8 Å². The molecule has 1 aliphatic carbocycles. The Balaban J connectivity index is 1.97. The van der Waals surface area contributed by atoms with E-state index >= 15 is 0 Å². The third kappa shape index (κ3) is 7.17. The molecule has 2 rings (SSSR count). The Kier molecular flexibility index (Phi) is 8.71. The van der Waals surface area contributed by atoms with Crippen LogP contribution in [0, 0.1) is 23.2 Å². The minimum atomic E-state index is -0.365. The first-order valence-corrected chi connectivity index (χ1v) is 11.2. The fourth-order valence-corrected chi connectivity index (χ4v) is 4.29. The zero-order valence-corrected chi connectivity index (χ0v) is 18.4. The smallest absolute Gasteiger partial charge is 0.0790 e. The molecule has 1 saturated carbocycles. The quantitative estimate of drug-likeness (QED) is 0.296. The molecule has 150 valence electrons. The maximum atomic E-state index is 10.5. The third-order valence-corrected chi connectivity index (χ3v) is 6.14. The molecule has 1 N–H and O–H groups in total. The lowest BCUT2D eigenvalue weighted by molar-refractivity contribution is 0.158. The number of benzene rings is 1. The van der Waals surface area contributed by atoms with Gasteiger partial charge in [0.05, 0.1) is 6.10 Å². The standard InChI is InChI=1S/C25H37ClO/c1-5-6-7-8-10-22-21(16-17-23(22)26)19-12-14-20(15-13-19)24(27)11-9-18-25(2,3)4/h12-15,21-24,27H,5-7,9,11,16-18H2,1-4H3. The Labute approximate surface area is 171 Å². The van der Waals surface area contributed by atoms with E-state index in [1.807, 2.05) is 0 Å². The first-order chi connectivity index (χ1) is 12.8. The van der Waals surface area contributed by atoms with Crippen molar-refractivity contribution in [1.29, 1.82) is 0 Å². The van der Waals surface area contributed by atoms with Crippen LogP contribution in [0.15, 0.2) is 24.3 Å². The summed E-state index contributed by atoms with van der Waals surface area (Å²) in [5, 5.41) is 10.6. The monoisotopic (exact) mass is 388 g/mol. The predicted octanol–water partition coefficient (Wildman–Crippen LogP) is 7.23. The molecule has 1 aromatic rings. The number of hydrogen-bond donors (Lipinski definition) is 1. The van der Waals surface area contributed by atoms with Gasteiger partial charge in [-0.15, -0.1) is 17.5 Å². The average Bonchev–Trinajstić information content (AvgIpc) is 2.98. The molecule has 0 spiro atoms. The highest BCUT2D eigenvalue weighted by molar-refractivity contribution is 6.21. The van der Waals surface area contributed by atoms with Crippen LogP contribution in [-0.2, 0) is 0 Å². The second-order valence-corrected chi connectivity index (χ2v) is 9.85. The number of aliphatic hydroxyl groups is 1. The van der Waals surface area contributed by atoms with Gasteiger partial charge in [-0.2, -0.15) is 0 Å². The molecule has 0 radical (unpaired) electrons. The van der Waals surface area contributed by atoms with Crippen molar-refractivity contribution in [3.63, 3.8) is 0 Å². The Morgan fingerprint density at radius 1 is 1.15 bits per heavy atom. The summed E-state index contributed by atoms with van der Waals surface area (Å²) in [6.45, 7) is 8.95. The highest BCUT2D eigenvalue weighted by Crippen LogP contribution is 2.42. The second kappa shape index (κ2) is 10.5. The number of unbranched alkanes of at least 4 members (excludes halogenated alkanes) is 2. The molecule has 1 fully saturated rings. The van der Waals surface area contributed by atoms with Crippen LogP contribution in [-0.4, -0.2) is 10.5 Å². The maximum Gasteiger partial charge on any atom is 0.0790 e. The highest BCUT2D eigenvalue weighted by Gasteiger charge is 2.34. The van der Waals surface area contributed by atoms with Crippen LogP contribution in [0.5, 0.6) is 0 Å². The van der Waals surface area contributed by atoms with E-state index in [0.29, 0.717) is 11.3 Å². The molecule has 2 heteroatoms. The van der Waals surface area contributed by atoms with Gasteiger partial charge in [-0.25, -0.2) is 0 Å². The van der Waals surface area contributed by atoms with Crippen molar-refractivity contribution in [2.45, 2.75) is 96.5 Å². The van der Waals surface area contributed by atoms with E-state index in [-0.39, 0.29) is 17.4 Å². The van der Waals surface area contributed by atoms with Gasteiger partial charge in [-0.05, 0) is 54.6 Å². The van der Waals surface area contributed by atoms with Gasteiger partial charge in [-0.1, -0.05) is 70.7 Å². The van der Waals surface area contributed by atoms with Crippen LogP contribution in [0.2, 0.25) is 0 Å². The van der Waals surface area contributed by atoms with Gasteiger partial charge in [0.2, 0.25) is 0 Å². The van der Waals surface area contributed by atoms with Crippen molar-refractivity contribution in [1.82, 2.24) is 0 Å². The van der Waals surface area contributed by atoms with E-state index in [9.17, 15) is 5.11 Å². The minimum absolute atomic E-state index is 0.159. The van der Waals surface area contributed by atoms with Gasteiger partial charge < -0.3 is 5.11 Å². The van der Waals surface area contributed by atoms with E-state index in [0.717, 1.165) is 44.1 Å². The van der Waals surface area contributed by atoms with Crippen LogP contribution in [0.25, 0.3) is 0 Å². The molecule has 4 unspecified atom stereocenters. The van der Waals surface area contributed by atoms with Crippen molar-refractivity contribution in [3.05, 3.63) is 35.4 Å². The molecular formula is C25H37ClO. The van der Waals surface area contributed by atoms with Gasteiger partial charge in [0, 0.05) is 17.7 Å². The lowest BCUT2D eigenvalue weighted by Crippen LogP contribution is -2.12. The molecule has 0 heterocycles. The zero-order chi connectivity index (χ0) is 19.9. The number of aliphatic hydroxyl groups excluding tert-OH is 1. The molecule has 1 aromatic carbocycles. The summed E-state index contributed by atoms with van der Waals surface area (Å²) in [4.78, 5) is 0. The first-order valence-electron chi connectivity index (χ1n) is 10.7. The number of halogens is 1. The number of rotatable bonds is 7. The minimum Gasteiger partial charge on any atom is -0.388 e. The van der Waals surface area contributed by atoms with Gasteiger partial charge in [0.25, 0.3) is 0 Å². The topological polar surface area (TPSA) is 20.2 Å². The molecule has 0 amide bonds. The van der Waals surface area contributed by atoms with Crippen molar-refractivity contribution >= 4 is 11.6 Å². The third-order valence-electron chi connectivity index (χ3n) is 5.65. The number of alkyl halides is 1. The molecule has 4 atom stereocenters. The fraction of sp³-hybridized carbons (Fsp3) is 0.680. The molecule has 27 heavy (non-hydrogen) atoms. The summed E-state index contributed by atoms with van der Waals surface area (Å²) < 4.78 is 0. The summed E-state index contributed by atoms with van der Waals surface area (Å²) in [5.41, 5.74) is 2.68. The van der Waals surface area contributed by atoms with E-state index < -0.39 is 0 Å². The summed E-state index contributed by atoms with van der Waals surface area (Å²) >= 11 is 6.57. The molecule has 0 aromatic heterocycles. The summed E-state index contributed by atoms with van der Waals surface area (Å²) in [7, 11) is 0. The van der Waals surface area contributed by atoms with Crippen molar-refractivity contribution in [2.75, 3.05) is 0 Å². The summed E-state index contributed by atoms with van der Waals surface area (Å²) in [5.74, 6) is 7.49. The number of hydrogen-bond acceptors (Lipinski definition) is 1. The Bertz CT molecular complexity index is 616. The summed E-state index contributed by atoms with van der Waals surface area (Å²) in [6.07, 6.45) is 8.13. The Morgan fingerprint density at radius 3 is 2.48 bits per heavy atom. The molecule has 1 aliphatic rings. The van der Waals surface area contributed by atoms with Crippen molar-refractivity contribution in [2.24, 2.45) is 11.3 Å². The van der Waals surface area contributed by atoms with E-state index in [1.165, 1.54) is 18.4 Å². The van der Waals surface area contributed by atoms with Gasteiger partial charge in [0.15, 0.2) is 0 Å². The fourth-order valence-electron chi connectivity index (χ4n) is 3.93. The van der Waals surface area contributed by atoms with Gasteiger partial charge >= 0.3 is 0 Å². The summed E-state index contributed by atoms with van der Waals surface area (Å²) in [6, 6.07) is 8.56. The predicted molar refractivity (Wildman–Crippen MR) is 117 cm³/mol.